The quantitative estimate of drug-likeness (QED) is 0.922. The molecule has 0 radical (unpaired) electrons. The predicted molar refractivity (Wildman–Crippen MR) is 86.8 cm³/mol. The minimum atomic E-state index is 0.483. The van der Waals surface area contributed by atoms with Crippen LogP contribution in [0.5, 0.6) is 0 Å². The molecule has 3 rings (SSSR count). The molecule has 5 heteroatoms. The minimum absolute atomic E-state index is 0.483. The molecule has 0 aliphatic carbocycles. The molecule has 0 bridgehead atoms. The van der Waals surface area contributed by atoms with Gasteiger partial charge in [-0.3, -0.25) is 0 Å². The smallest absolute Gasteiger partial charge is 0.137 e. The van der Waals surface area contributed by atoms with Crippen molar-refractivity contribution in [2.45, 2.75) is 38.8 Å². The zero-order chi connectivity index (χ0) is 14.7. The van der Waals surface area contributed by atoms with Crippen LogP contribution in [0.25, 0.3) is 5.65 Å². The third-order valence-corrected chi connectivity index (χ3v) is 4.30. The SMILES string of the molecule is CC(CN1CCCCC1)NCc1cn2cc(Cl)ccc2n1. The van der Waals surface area contributed by atoms with Gasteiger partial charge in [-0.1, -0.05) is 18.0 Å². The molecule has 0 saturated carbocycles. The third-order valence-electron chi connectivity index (χ3n) is 4.08. The largest absolute Gasteiger partial charge is 0.307 e. The van der Waals surface area contributed by atoms with E-state index in [1.807, 2.05) is 28.9 Å². The van der Waals surface area contributed by atoms with Crippen LogP contribution in [0.15, 0.2) is 24.5 Å². The van der Waals surface area contributed by atoms with E-state index < -0.39 is 0 Å². The molecule has 114 valence electrons. The van der Waals surface area contributed by atoms with Gasteiger partial charge in [-0.05, 0) is 45.0 Å². The Balaban J connectivity index is 1.53. The molecule has 1 fully saturated rings. The molecule has 0 amide bonds. The number of piperidine rings is 1. The van der Waals surface area contributed by atoms with Crippen molar-refractivity contribution in [1.29, 1.82) is 0 Å². The molecule has 2 aromatic heterocycles. The molecule has 1 saturated heterocycles. The summed E-state index contributed by atoms with van der Waals surface area (Å²) in [6.07, 6.45) is 8.02. The van der Waals surface area contributed by atoms with Crippen LogP contribution in [-0.4, -0.2) is 40.0 Å². The first kappa shape index (κ1) is 14.8. The summed E-state index contributed by atoms with van der Waals surface area (Å²) >= 11 is 5.99. The fourth-order valence-corrected chi connectivity index (χ4v) is 3.14. The average molecular weight is 307 g/mol. The van der Waals surface area contributed by atoms with Crippen LogP contribution >= 0.6 is 11.6 Å². The molecule has 3 heterocycles. The van der Waals surface area contributed by atoms with Crippen molar-refractivity contribution in [3.63, 3.8) is 0 Å². The van der Waals surface area contributed by atoms with Gasteiger partial charge >= 0.3 is 0 Å². The molecule has 0 aromatic carbocycles. The number of pyridine rings is 1. The Morgan fingerprint density at radius 3 is 2.86 bits per heavy atom. The number of fused-ring (bicyclic) bond motifs is 1. The lowest BCUT2D eigenvalue weighted by atomic mass is 10.1. The van der Waals surface area contributed by atoms with E-state index in [1.165, 1.54) is 32.4 Å². The number of aromatic nitrogens is 2. The Morgan fingerprint density at radius 2 is 2.05 bits per heavy atom. The highest BCUT2D eigenvalue weighted by atomic mass is 35.5. The molecule has 21 heavy (non-hydrogen) atoms. The minimum Gasteiger partial charge on any atom is -0.307 e. The monoisotopic (exact) mass is 306 g/mol. The third kappa shape index (κ3) is 3.96. The van der Waals surface area contributed by atoms with E-state index in [0.717, 1.165) is 29.5 Å². The van der Waals surface area contributed by atoms with Crippen molar-refractivity contribution >= 4 is 17.2 Å². The summed E-state index contributed by atoms with van der Waals surface area (Å²) in [7, 11) is 0. The Morgan fingerprint density at radius 1 is 1.24 bits per heavy atom. The number of likely N-dealkylation sites (tertiary alicyclic amines) is 1. The van der Waals surface area contributed by atoms with Gasteiger partial charge in [0.15, 0.2) is 0 Å². The van der Waals surface area contributed by atoms with Crippen molar-refractivity contribution in [3.05, 3.63) is 35.2 Å². The molecule has 1 aliphatic heterocycles. The van der Waals surface area contributed by atoms with Crippen LogP contribution < -0.4 is 5.32 Å². The molecule has 4 nitrogen and oxygen atoms in total. The molecular weight excluding hydrogens is 284 g/mol. The lowest BCUT2D eigenvalue weighted by Gasteiger charge is -2.29. The fraction of sp³-hybridized carbons (Fsp3) is 0.562. The maximum Gasteiger partial charge on any atom is 0.137 e. The van der Waals surface area contributed by atoms with E-state index in [0.29, 0.717) is 6.04 Å². The molecule has 1 unspecified atom stereocenters. The van der Waals surface area contributed by atoms with Crippen LogP contribution in [-0.2, 0) is 6.54 Å². The second-order valence-electron chi connectivity index (χ2n) is 5.99. The molecule has 1 atom stereocenters. The van der Waals surface area contributed by atoms with E-state index in [2.05, 4.69) is 22.1 Å². The highest BCUT2D eigenvalue weighted by Crippen LogP contribution is 2.12. The van der Waals surface area contributed by atoms with Gasteiger partial charge in [0.05, 0.1) is 10.7 Å². The average Bonchev–Trinajstić information content (AvgIpc) is 2.88. The van der Waals surface area contributed by atoms with E-state index in [4.69, 9.17) is 11.6 Å². The first-order chi connectivity index (χ1) is 10.2. The van der Waals surface area contributed by atoms with Gasteiger partial charge in [-0.2, -0.15) is 0 Å². The first-order valence-corrected chi connectivity index (χ1v) is 8.17. The van der Waals surface area contributed by atoms with Crippen LogP contribution in [0.1, 0.15) is 31.9 Å². The van der Waals surface area contributed by atoms with Gasteiger partial charge in [-0.15, -0.1) is 0 Å². The van der Waals surface area contributed by atoms with Gasteiger partial charge in [0.2, 0.25) is 0 Å². The van der Waals surface area contributed by atoms with Crippen molar-refractivity contribution in [3.8, 4) is 0 Å². The normalized spacial score (nSPS) is 18.2. The molecule has 0 spiro atoms. The topological polar surface area (TPSA) is 32.6 Å². The predicted octanol–water partition coefficient (Wildman–Crippen LogP) is 2.95. The van der Waals surface area contributed by atoms with Crippen molar-refractivity contribution in [1.82, 2.24) is 19.6 Å². The number of hydrogen-bond acceptors (Lipinski definition) is 3. The Labute approximate surface area is 131 Å². The standard InChI is InChI=1S/C16H23ClN4/c1-13(10-20-7-3-2-4-8-20)18-9-15-12-21-11-14(17)5-6-16(21)19-15/h5-6,11-13,18H,2-4,7-10H2,1H3. The molecule has 1 aliphatic rings. The second-order valence-corrected chi connectivity index (χ2v) is 6.42. The van der Waals surface area contributed by atoms with Crippen LogP contribution in [0.4, 0.5) is 0 Å². The number of hydrogen-bond donors (Lipinski definition) is 1. The number of halogens is 1. The maximum absolute atomic E-state index is 5.99. The van der Waals surface area contributed by atoms with Crippen LogP contribution in [0.2, 0.25) is 5.02 Å². The number of imidazole rings is 1. The van der Waals surface area contributed by atoms with Crippen LogP contribution in [0.3, 0.4) is 0 Å². The summed E-state index contributed by atoms with van der Waals surface area (Å²) in [4.78, 5) is 7.16. The van der Waals surface area contributed by atoms with E-state index in [9.17, 15) is 0 Å². The Hall–Kier alpha value is -1.10. The Kier molecular flexibility index (Phi) is 4.78. The maximum atomic E-state index is 5.99. The second kappa shape index (κ2) is 6.77. The summed E-state index contributed by atoms with van der Waals surface area (Å²) in [6, 6.07) is 4.31. The van der Waals surface area contributed by atoms with Crippen LogP contribution in [0, 0.1) is 0 Å². The summed E-state index contributed by atoms with van der Waals surface area (Å²) in [6.45, 7) is 6.67. The zero-order valence-electron chi connectivity index (χ0n) is 12.6. The highest BCUT2D eigenvalue weighted by Gasteiger charge is 2.13. The molecule has 1 N–H and O–H groups in total. The van der Waals surface area contributed by atoms with E-state index in [1.54, 1.807) is 0 Å². The van der Waals surface area contributed by atoms with E-state index in [-0.39, 0.29) is 0 Å². The van der Waals surface area contributed by atoms with Gasteiger partial charge in [-0.25, -0.2) is 4.98 Å². The van der Waals surface area contributed by atoms with Gasteiger partial charge in [0, 0.05) is 31.5 Å². The van der Waals surface area contributed by atoms with Gasteiger partial charge < -0.3 is 14.6 Å². The van der Waals surface area contributed by atoms with Gasteiger partial charge in [0.1, 0.15) is 5.65 Å². The molecular formula is C16H23ClN4. The number of rotatable bonds is 5. The lowest BCUT2D eigenvalue weighted by molar-refractivity contribution is 0.208. The van der Waals surface area contributed by atoms with E-state index >= 15 is 0 Å². The molecule has 2 aromatic rings. The Bertz CT molecular complexity index is 589. The summed E-state index contributed by atoms with van der Waals surface area (Å²) in [5, 5.41) is 4.31. The fourth-order valence-electron chi connectivity index (χ4n) is 2.98. The number of nitrogens with zero attached hydrogens (tertiary/aromatic N) is 3. The summed E-state index contributed by atoms with van der Waals surface area (Å²) in [5.74, 6) is 0. The van der Waals surface area contributed by atoms with Crippen molar-refractivity contribution < 1.29 is 0 Å². The highest BCUT2D eigenvalue weighted by molar-refractivity contribution is 6.30. The lowest BCUT2D eigenvalue weighted by Crippen LogP contribution is -2.41. The summed E-state index contributed by atoms with van der Waals surface area (Å²) < 4.78 is 1.98. The summed E-state index contributed by atoms with van der Waals surface area (Å²) in [5.41, 5.74) is 2.00. The zero-order valence-corrected chi connectivity index (χ0v) is 13.3. The van der Waals surface area contributed by atoms with Crippen molar-refractivity contribution in [2.24, 2.45) is 0 Å². The first-order valence-electron chi connectivity index (χ1n) is 7.79. The van der Waals surface area contributed by atoms with Gasteiger partial charge in [0.25, 0.3) is 0 Å². The van der Waals surface area contributed by atoms with Crippen molar-refractivity contribution in [2.75, 3.05) is 19.6 Å². The number of nitrogens with one attached hydrogen (secondary N) is 1.